The number of rotatable bonds is 2. The van der Waals surface area contributed by atoms with Gasteiger partial charge in [-0.2, -0.15) is 0 Å². The van der Waals surface area contributed by atoms with E-state index >= 15 is 0 Å². The molecule has 0 bridgehead atoms. The highest BCUT2D eigenvalue weighted by Crippen LogP contribution is 2.39. The Bertz CT molecular complexity index is 628. The van der Waals surface area contributed by atoms with Gasteiger partial charge in [0.1, 0.15) is 11.4 Å². The molecule has 4 nitrogen and oxygen atoms in total. The summed E-state index contributed by atoms with van der Waals surface area (Å²) in [5.74, 6) is 0.290. The topological polar surface area (TPSA) is 46.6 Å². The van der Waals surface area contributed by atoms with Crippen molar-refractivity contribution in [3.05, 3.63) is 34.9 Å². The normalized spacial score (nSPS) is 22.1. The van der Waals surface area contributed by atoms with E-state index in [1.54, 1.807) is 0 Å². The number of ether oxygens (including phenoxy) is 1. The highest BCUT2D eigenvalue weighted by atomic mass is 16.6. The molecular weight excluding hydrogens is 290 g/mol. The summed E-state index contributed by atoms with van der Waals surface area (Å²) in [6.07, 6.45) is 3.03. The summed E-state index contributed by atoms with van der Waals surface area (Å²) in [4.78, 5) is 25.8. The number of carbonyl (C=O) groups excluding carboxylic acids is 2. The van der Waals surface area contributed by atoms with Gasteiger partial charge in [0.2, 0.25) is 0 Å². The molecule has 2 aliphatic rings. The largest absolute Gasteiger partial charge is 0.443 e. The zero-order valence-corrected chi connectivity index (χ0v) is 14.2. The molecule has 1 heterocycles. The third kappa shape index (κ3) is 3.12. The van der Waals surface area contributed by atoms with Crippen LogP contribution in [0.2, 0.25) is 0 Å². The van der Waals surface area contributed by atoms with Crippen LogP contribution in [0.15, 0.2) is 18.2 Å². The molecule has 23 heavy (non-hydrogen) atoms. The van der Waals surface area contributed by atoms with Crippen molar-refractivity contribution in [1.82, 2.24) is 4.90 Å². The van der Waals surface area contributed by atoms with E-state index in [1.807, 2.05) is 4.90 Å². The minimum absolute atomic E-state index is 0.00460. The second-order valence-corrected chi connectivity index (χ2v) is 7.07. The van der Waals surface area contributed by atoms with E-state index in [2.05, 4.69) is 39.0 Å². The monoisotopic (exact) mass is 315 g/mol. The number of aryl methyl sites for hydroxylation is 2. The summed E-state index contributed by atoms with van der Waals surface area (Å²) in [5, 5.41) is 0. The minimum atomic E-state index is -0.400. The lowest BCUT2D eigenvalue weighted by molar-refractivity contribution is -0.129. The molecule has 0 radical (unpaired) electrons. The predicted molar refractivity (Wildman–Crippen MR) is 88.3 cm³/mol. The Balaban J connectivity index is 1.74. The van der Waals surface area contributed by atoms with Crippen LogP contribution in [-0.2, 0) is 9.53 Å². The van der Waals surface area contributed by atoms with Gasteiger partial charge in [-0.25, -0.2) is 4.79 Å². The highest BCUT2D eigenvalue weighted by Gasteiger charge is 2.44. The Morgan fingerprint density at radius 3 is 2.48 bits per heavy atom. The van der Waals surface area contributed by atoms with Crippen LogP contribution in [0.25, 0.3) is 0 Å². The number of hydrogen-bond donors (Lipinski definition) is 0. The Hall–Kier alpha value is -1.84. The van der Waals surface area contributed by atoms with Crippen LogP contribution in [0.4, 0.5) is 4.79 Å². The third-order valence-corrected chi connectivity index (χ3v) is 5.42. The molecule has 1 saturated carbocycles. The molecule has 0 aromatic heterocycles. The highest BCUT2D eigenvalue weighted by molar-refractivity contribution is 5.80. The first-order valence-corrected chi connectivity index (χ1v) is 8.49. The molecule has 2 fully saturated rings. The van der Waals surface area contributed by atoms with E-state index in [0.29, 0.717) is 32.2 Å². The molecule has 1 spiro atoms. The average Bonchev–Trinajstić information content (AvgIpc) is 2.52. The number of amides is 1. The first kappa shape index (κ1) is 16.0. The maximum Gasteiger partial charge on any atom is 0.410 e. The van der Waals surface area contributed by atoms with E-state index in [9.17, 15) is 9.59 Å². The molecular formula is C19H25NO3. The fraction of sp³-hybridized carbons (Fsp3) is 0.579. The SMILES string of the molecule is Cc1ccc(C)c(C(C)N2CCC3(CCC(=O)CC3)OC2=O)c1. The van der Waals surface area contributed by atoms with Crippen molar-refractivity contribution in [2.24, 2.45) is 0 Å². The number of carbonyl (C=O) groups is 2. The predicted octanol–water partition coefficient (Wildman–Crippen LogP) is 4.09. The van der Waals surface area contributed by atoms with E-state index in [0.717, 1.165) is 6.42 Å². The molecule has 4 heteroatoms. The van der Waals surface area contributed by atoms with Gasteiger partial charge in [-0.15, -0.1) is 0 Å². The zero-order chi connectivity index (χ0) is 16.6. The van der Waals surface area contributed by atoms with Crippen molar-refractivity contribution in [1.29, 1.82) is 0 Å². The van der Waals surface area contributed by atoms with Crippen molar-refractivity contribution in [3.8, 4) is 0 Å². The first-order chi connectivity index (χ1) is 10.9. The molecule has 1 amide bonds. The van der Waals surface area contributed by atoms with Gasteiger partial charge in [0.15, 0.2) is 0 Å². The van der Waals surface area contributed by atoms with E-state index < -0.39 is 5.60 Å². The lowest BCUT2D eigenvalue weighted by Crippen LogP contribution is -2.51. The molecule has 3 rings (SSSR count). The second kappa shape index (κ2) is 5.99. The first-order valence-electron chi connectivity index (χ1n) is 8.49. The second-order valence-electron chi connectivity index (χ2n) is 7.07. The van der Waals surface area contributed by atoms with Gasteiger partial charge in [-0.05, 0) is 44.7 Å². The lowest BCUT2D eigenvalue weighted by Gasteiger charge is -2.44. The van der Waals surface area contributed by atoms with Crippen molar-refractivity contribution in [2.75, 3.05) is 6.54 Å². The molecule has 1 atom stereocenters. The number of ketones is 1. The Morgan fingerprint density at radius 1 is 1.13 bits per heavy atom. The van der Waals surface area contributed by atoms with Crippen molar-refractivity contribution >= 4 is 11.9 Å². The maximum atomic E-state index is 12.6. The Kier molecular flexibility index (Phi) is 4.17. The van der Waals surface area contributed by atoms with Crippen LogP contribution in [0, 0.1) is 13.8 Å². The molecule has 1 saturated heterocycles. The lowest BCUT2D eigenvalue weighted by atomic mass is 9.80. The fourth-order valence-electron chi connectivity index (χ4n) is 3.78. The van der Waals surface area contributed by atoms with Gasteiger partial charge in [-0.3, -0.25) is 4.79 Å². The Morgan fingerprint density at radius 2 is 1.83 bits per heavy atom. The molecule has 1 aliphatic carbocycles. The number of benzene rings is 1. The summed E-state index contributed by atoms with van der Waals surface area (Å²) < 4.78 is 5.82. The molecule has 0 N–H and O–H groups in total. The van der Waals surface area contributed by atoms with Gasteiger partial charge in [-0.1, -0.05) is 23.8 Å². The van der Waals surface area contributed by atoms with Crippen LogP contribution in [0.3, 0.4) is 0 Å². The third-order valence-electron chi connectivity index (χ3n) is 5.42. The van der Waals surface area contributed by atoms with Crippen LogP contribution in [-0.4, -0.2) is 28.9 Å². The summed E-state index contributed by atoms with van der Waals surface area (Å²) in [7, 11) is 0. The zero-order valence-electron chi connectivity index (χ0n) is 14.2. The summed E-state index contributed by atoms with van der Waals surface area (Å²) >= 11 is 0. The van der Waals surface area contributed by atoms with Gasteiger partial charge < -0.3 is 9.64 Å². The van der Waals surface area contributed by atoms with Crippen molar-refractivity contribution in [3.63, 3.8) is 0 Å². The molecule has 1 aromatic rings. The van der Waals surface area contributed by atoms with Crippen LogP contribution in [0.5, 0.6) is 0 Å². The van der Waals surface area contributed by atoms with Gasteiger partial charge >= 0.3 is 6.09 Å². The minimum Gasteiger partial charge on any atom is -0.443 e. The van der Waals surface area contributed by atoms with Crippen LogP contribution < -0.4 is 0 Å². The summed E-state index contributed by atoms with van der Waals surface area (Å²) in [5.41, 5.74) is 3.17. The Labute approximate surface area is 137 Å². The maximum absolute atomic E-state index is 12.6. The van der Waals surface area contributed by atoms with Crippen molar-refractivity contribution < 1.29 is 14.3 Å². The average molecular weight is 315 g/mol. The molecule has 1 aliphatic heterocycles. The van der Waals surface area contributed by atoms with E-state index in [4.69, 9.17) is 4.74 Å². The number of nitrogens with zero attached hydrogens (tertiary/aromatic N) is 1. The van der Waals surface area contributed by atoms with Gasteiger partial charge in [0.05, 0.1) is 6.04 Å². The summed E-state index contributed by atoms with van der Waals surface area (Å²) in [6, 6.07) is 6.35. The van der Waals surface area contributed by atoms with Gasteiger partial charge in [0, 0.05) is 25.8 Å². The summed E-state index contributed by atoms with van der Waals surface area (Å²) in [6.45, 7) is 6.90. The van der Waals surface area contributed by atoms with Gasteiger partial charge in [0.25, 0.3) is 0 Å². The number of hydrogen-bond acceptors (Lipinski definition) is 3. The molecule has 1 unspecified atom stereocenters. The van der Waals surface area contributed by atoms with E-state index in [1.165, 1.54) is 16.7 Å². The van der Waals surface area contributed by atoms with Crippen LogP contribution >= 0.6 is 0 Å². The standard InChI is InChI=1S/C19H25NO3/c1-13-4-5-14(2)17(12-13)15(3)20-11-10-19(23-18(20)22)8-6-16(21)7-9-19/h4-5,12,15H,6-11H2,1-3H3. The number of Topliss-reactive ketones (excluding diaryl/α,β-unsaturated/α-hetero) is 1. The fourth-order valence-corrected chi connectivity index (χ4v) is 3.78. The van der Waals surface area contributed by atoms with Crippen molar-refractivity contribution in [2.45, 2.75) is 64.5 Å². The van der Waals surface area contributed by atoms with Crippen LogP contribution in [0.1, 0.15) is 61.8 Å². The molecule has 1 aromatic carbocycles. The van der Waals surface area contributed by atoms with E-state index in [-0.39, 0.29) is 17.9 Å². The molecule has 124 valence electrons. The quantitative estimate of drug-likeness (QED) is 0.826. The smallest absolute Gasteiger partial charge is 0.410 e.